The zero-order chi connectivity index (χ0) is 19.2. The number of ether oxygens (including phenoxy) is 1. The average Bonchev–Trinajstić information content (AvgIpc) is 3.37. The minimum absolute atomic E-state index is 0. The van der Waals surface area contributed by atoms with E-state index in [4.69, 9.17) is 4.74 Å². The third-order valence-electron chi connectivity index (χ3n) is 4.63. The van der Waals surface area contributed by atoms with E-state index in [9.17, 15) is 4.79 Å². The van der Waals surface area contributed by atoms with Gasteiger partial charge in [-0.25, -0.2) is 9.79 Å². The molecule has 0 aliphatic carbocycles. The van der Waals surface area contributed by atoms with Crippen LogP contribution in [0.1, 0.15) is 11.1 Å². The van der Waals surface area contributed by atoms with Crippen LogP contribution in [-0.4, -0.2) is 55.9 Å². The van der Waals surface area contributed by atoms with Crippen molar-refractivity contribution in [2.24, 2.45) is 9.98 Å². The number of nitrogens with one attached hydrogen (secondary N) is 2. The lowest BCUT2D eigenvalue weighted by Gasteiger charge is -2.14. The summed E-state index contributed by atoms with van der Waals surface area (Å²) in [6, 6.07) is 16.3. The molecule has 2 aliphatic heterocycles. The summed E-state index contributed by atoms with van der Waals surface area (Å²) in [5, 5.41) is 6.47. The van der Waals surface area contributed by atoms with Crippen molar-refractivity contribution in [3.8, 4) is 5.75 Å². The summed E-state index contributed by atoms with van der Waals surface area (Å²) in [5.74, 6) is 1.64. The van der Waals surface area contributed by atoms with Crippen molar-refractivity contribution in [1.82, 2.24) is 10.2 Å². The summed E-state index contributed by atoms with van der Waals surface area (Å²) < 4.78 is 5.73. The van der Waals surface area contributed by atoms with E-state index in [2.05, 4.69) is 57.0 Å². The molecule has 2 aromatic carbocycles. The fraction of sp³-hybridized carbons (Fsp3) is 0.286. The number of halogens is 1. The first-order valence-electron chi connectivity index (χ1n) is 9.44. The summed E-state index contributed by atoms with van der Waals surface area (Å²) in [6.07, 6.45) is 2.49. The van der Waals surface area contributed by atoms with E-state index in [0.717, 1.165) is 36.9 Å². The van der Waals surface area contributed by atoms with Gasteiger partial charge in [0, 0.05) is 18.4 Å². The first-order valence-corrected chi connectivity index (χ1v) is 9.44. The van der Waals surface area contributed by atoms with Gasteiger partial charge in [-0.2, -0.15) is 0 Å². The van der Waals surface area contributed by atoms with Crippen molar-refractivity contribution in [2.45, 2.75) is 6.42 Å². The monoisotopic (exact) mass is 413 g/mol. The van der Waals surface area contributed by atoms with E-state index in [1.54, 1.807) is 11.1 Å². The largest absolute Gasteiger partial charge is 0.492 e. The molecular formula is C21H24ClN5O2. The van der Waals surface area contributed by atoms with E-state index in [1.165, 1.54) is 11.1 Å². The first-order chi connectivity index (χ1) is 13.8. The highest BCUT2D eigenvalue weighted by Crippen LogP contribution is 2.17. The van der Waals surface area contributed by atoms with Gasteiger partial charge in [-0.3, -0.25) is 4.99 Å². The van der Waals surface area contributed by atoms with Crippen LogP contribution in [0.4, 0.5) is 10.5 Å². The summed E-state index contributed by atoms with van der Waals surface area (Å²) in [7, 11) is 0. The van der Waals surface area contributed by atoms with Gasteiger partial charge in [0.1, 0.15) is 12.4 Å². The SMILES string of the molecule is Cl.O=C1N=CCN1CCOc1ccc(Cc2ccc(NC3=NCCN3)cc2)cc1. The number of nitrogens with zero attached hydrogens (tertiary/aromatic N) is 3. The van der Waals surface area contributed by atoms with Crippen molar-refractivity contribution in [1.29, 1.82) is 0 Å². The molecule has 8 heteroatoms. The molecule has 4 rings (SSSR count). The van der Waals surface area contributed by atoms with Gasteiger partial charge in [0.05, 0.1) is 19.6 Å². The number of hydrogen-bond donors (Lipinski definition) is 2. The zero-order valence-corrected chi connectivity index (χ0v) is 16.8. The lowest BCUT2D eigenvalue weighted by Crippen LogP contribution is -2.29. The molecule has 0 saturated carbocycles. The Morgan fingerprint density at radius 1 is 1.07 bits per heavy atom. The van der Waals surface area contributed by atoms with Crippen LogP contribution in [0.3, 0.4) is 0 Å². The molecule has 0 saturated heterocycles. The Hall–Kier alpha value is -3.06. The molecule has 0 bridgehead atoms. The first kappa shape index (κ1) is 20.7. The molecule has 0 aromatic heterocycles. The Morgan fingerprint density at radius 2 is 1.79 bits per heavy atom. The molecule has 2 aliphatic rings. The Kier molecular flexibility index (Phi) is 7.08. The summed E-state index contributed by atoms with van der Waals surface area (Å²) in [6.45, 7) is 3.29. The van der Waals surface area contributed by atoms with Crippen molar-refractivity contribution < 1.29 is 9.53 Å². The smallest absolute Gasteiger partial charge is 0.343 e. The van der Waals surface area contributed by atoms with E-state index in [0.29, 0.717) is 19.7 Å². The van der Waals surface area contributed by atoms with Crippen LogP contribution in [0.5, 0.6) is 5.75 Å². The molecule has 7 nitrogen and oxygen atoms in total. The molecule has 2 heterocycles. The maximum atomic E-state index is 11.4. The Balaban J connectivity index is 0.00000240. The number of rotatable bonds is 7. The Morgan fingerprint density at radius 3 is 2.41 bits per heavy atom. The van der Waals surface area contributed by atoms with Crippen LogP contribution < -0.4 is 15.4 Å². The number of aliphatic imine (C=N–C) groups is 2. The van der Waals surface area contributed by atoms with E-state index in [1.807, 2.05) is 12.1 Å². The van der Waals surface area contributed by atoms with Gasteiger partial charge in [0.25, 0.3) is 0 Å². The second-order valence-corrected chi connectivity index (χ2v) is 6.69. The molecular weight excluding hydrogens is 390 g/mol. The predicted octanol–water partition coefficient (Wildman–Crippen LogP) is 2.96. The standard InChI is InChI=1S/C21H23N5O2.ClH/c27-21-24-11-12-26(21)13-14-28-19-7-3-17(4-8-19)15-16-1-5-18(6-2-16)25-20-22-9-10-23-20;/h1-8,11H,9-10,12-15H2,(H2,22,23,25);1H. The fourth-order valence-electron chi connectivity index (χ4n) is 3.10. The van der Waals surface area contributed by atoms with Gasteiger partial charge >= 0.3 is 6.03 Å². The zero-order valence-electron chi connectivity index (χ0n) is 16.0. The molecule has 2 N–H and O–H groups in total. The number of amides is 2. The molecule has 0 fully saturated rings. The van der Waals surface area contributed by atoms with Crippen molar-refractivity contribution >= 4 is 36.3 Å². The molecule has 0 unspecified atom stereocenters. The van der Waals surface area contributed by atoms with Gasteiger partial charge in [0.15, 0.2) is 5.96 Å². The number of urea groups is 1. The minimum Gasteiger partial charge on any atom is -0.492 e. The van der Waals surface area contributed by atoms with Crippen LogP contribution in [-0.2, 0) is 6.42 Å². The minimum atomic E-state index is -0.187. The van der Waals surface area contributed by atoms with Crippen molar-refractivity contribution in [3.63, 3.8) is 0 Å². The molecule has 2 amide bonds. The van der Waals surface area contributed by atoms with Crippen molar-refractivity contribution in [3.05, 3.63) is 59.7 Å². The van der Waals surface area contributed by atoms with E-state index in [-0.39, 0.29) is 18.4 Å². The normalized spacial score (nSPS) is 15.0. The lowest BCUT2D eigenvalue weighted by atomic mass is 10.0. The van der Waals surface area contributed by atoms with Crippen LogP contribution in [0.2, 0.25) is 0 Å². The number of anilines is 1. The molecule has 0 radical (unpaired) electrons. The van der Waals surface area contributed by atoms with E-state index < -0.39 is 0 Å². The van der Waals surface area contributed by atoms with Gasteiger partial charge in [-0.15, -0.1) is 12.4 Å². The molecule has 2 aromatic rings. The second-order valence-electron chi connectivity index (χ2n) is 6.69. The van der Waals surface area contributed by atoms with Gasteiger partial charge in [0.2, 0.25) is 0 Å². The maximum Gasteiger partial charge on any atom is 0.343 e. The number of guanidine groups is 1. The van der Waals surface area contributed by atoms with E-state index >= 15 is 0 Å². The fourth-order valence-corrected chi connectivity index (χ4v) is 3.10. The van der Waals surface area contributed by atoms with Gasteiger partial charge in [-0.05, 0) is 41.8 Å². The van der Waals surface area contributed by atoms with Gasteiger partial charge < -0.3 is 20.3 Å². The second kappa shape index (κ2) is 9.93. The number of hydrogen-bond acceptors (Lipinski definition) is 5. The number of carbonyl (C=O) groups excluding carboxylic acids is 1. The lowest BCUT2D eigenvalue weighted by molar-refractivity contribution is 0.204. The van der Waals surface area contributed by atoms with Crippen LogP contribution in [0.15, 0.2) is 58.5 Å². The van der Waals surface area contributed by atoms with Crippen LogP contribution in [0, 0.1) is 0 Å². The summed E-state index contributed by atoms with van der Waals surface area (Å²) >= 11 is 0. The quantitative estimate of drug-likeness (QED) is 0.731. The molecule has 152 valence electrons. The Labute approximate surface area is 176 Å². The van der Waals surface area contributed by atoms with Crippen molar-refractivity contribution in [2.75, 3.05) is 38.1 Å². The highest BCUT2D eigenvalue weighted by Gasteiger charge is 2.15. The topological polar surface area (TPSA) is 78.3 Å². The predicted molar refractivity (Wildman–Crippen MR) is 118 cm³/mol. The summed E-state index contributed by atoms with van der Waals surface area (Å²) in [4.78, 5) is 21.1. The molecule has 29 heavy (non-hydrogen) atoms. The van der Waals surface area contributed by atoms with Crippen LogP contribution >= 0.6 is 12.4 Å². The average molecular weight is 414 g/mol. The molecule has 0 atom stereocenters. The summed E-state index contributed by atoms with van der Waals surface area (Å²) in [5.41, 5.74) is 3.49. The maximum absolute atomic E-state index is 11.4. The number of carbonyl (C=O) groups is 1. The highest BCUT2D eigenvalue weighted by molar-refractivity contribution is 5.94. The van der Waals surface area contributed by atoms with Gasteiger partial charge in [-0.1, -0.05) is 24.3 Å². The third-order valence-corrected chi connectivity index (χ3v) is 4.63. The number of benzene rings is 2. The molecule has 0 spiro atoms. The highest BCUT2D eigenvalue weighted by atomic mass is 35.5. The van der Waals surface area contributed by atoms with Crippen LogP contribution in [0.25, 0.3) is 0 Å². The third kappa shape index (κ3) is 5.71. The Bertz CT molecular complexity index is 881.